The number of thiazole rings is 1. The fourth-order valence-electron chi connectivity index (χ4n) is 0.380. The van der Waals surface area contributed by atoms with Gasteiger partial charge in [0.2, 0.25) is 0 Å². The summed E-state index contributed by atoms with van der Waals surface area (Å²) < 4.78 is 0. The Morgan fingerprint density at radius 1 is 1.86 bits per heavy atom. The monoisotopic (exact) mass is 114 g/mol. The summed E-state index contributed by atoms with van der Waals surface area (Å²) in [4.78, 5) is 3.91. The molecule has 0 aliphatic heterocycles. The van der Waals surface area contributed by atoms with Gasteiger partial charge >= 0.3 is 0 Å². The lowest BCUT2D eigenvalue weighted by molar-refractivity contribution is 1.31. The fraction of sp³-hybridized carbons (Fsp3) is 0.250. The Morgan fingerprint density at radius 2 is 2.57 bits per heavy atom. The van der Waals surface area contributed by atoms with Crippen molar-refractivity contribution in [1.82, 2.24) is 4.98 Å². The molecule has 0 aliphatic rings. The average Bonchev–Trinajstić information content (AvgIpc) is 1.87. The molecule has 1 heterocycles. The van der Waals surface area contributed by atoms with E-state index in [1.54, 1.807) is 11.3 Å². The molecule has 1 aromatic heterocycles. The van der Waals surface area contributed by atoms with Crippen molar-refractivity contribution in [3.05, 3.63) is 10.4 Å². The number of nitrogens with zero attached hydrogens (tertiary/aromatic N) is 1. The standard InChI is InChI=1S/C4H6N2S/c1-3-6-4(5)2-7-3/h2H,5H2,1H3. The van der Waals surface area contributed by atoms with Gasteiger partial charge in [0.25, 0.3) is 0 Å². The Kier molecular flexibility index (Phi) is 0.982. The molecule has 2 nitrogen and oxygen atoms in total. The third kappa shape index (κ3) is 0.899. The van der Waals surface area contributed by atoms with Gasteiger partial charge in [-0.2, -0.15) is 0 Å². The van der Waals surface area contributed by atoms with Crippen molar-refractivity contribution in [2.45, 2.75) is 6.92 Å². The molecule has 0 aromatic carbocycles. The van der Waals surface area contributed by atoms with Crippen LogP contribution in [0.2, 0.25) is 0 Å². The SMILES string of the molecule is Cc1nc(N)cs1. The largest absolute Gasteiger partial charge is 0.383 e. The summed E-state index contributed by atoms with van der Waals surface area (Å²) in [5.41, 5.74) is 5.28. The highest BCUT2D eigenvalue weighted by Crippen LogP contribution is 2.07. The predicted octanol–water partition coefficient (Wildman–Crippen LogP) is 1.03. The van der Waals surface area contributed by atoms with E-state index in [0.717, 1.165) is 5.01 Å². The van der Waals surface area contributed by atoms with Crippen molar-refractivity contribution >= 4 is 17.2 Å². The molecule has 0 radical (unpaired) electrons. The summed E-state index contributed by atoms with van der Waals surface area (Å²) in [6.45, 7) is 1.93. The summed E-state index contributed by atoms with van der Waals surface area (Å²) in [5.74, 6) is 0.627. The molecule has 0 fully saturated rings. The number of nitrogen functional groups attached to an aromatic ring is 1. The zero-order valence-electron chi connectivity index (χ0n) is 4.01. The van der Waals surface area contributed by atoms with Crippen LogP contribution in [-0.2, 0) is 0 Å². The van der Waals surface area contributed by atoms with Gasteiger partial charge in [0.1, 0.15) is 5.82 Å². The molecule has 0 amide bonds. The molecule has 0 saturated carbocycles. The van der Waals surface area contributed by atoms with Crippen LogP contribution in [0.5, 0.6) is 0 Å². The first-order chi connectivity index (χ1) is 3.29. The van der Waals surface area contributed by atoms with E-state index < -0.39 is 0 Å². The van der Waals surface area contributed by atoms with Crippen LogP contribution < -0.4 is 5.73 Å². The smallest absolute Gasteiger partial charge is 0.134 e. The second kappa shape index (κ2) is 1.50. The molecule has 0 bridgehead atoms. The summed E-state index contributed by atoms with van der Waals surface area (Å²) >= 11 is 1.57. The summed E-state index contributed by atoms with van der Waals surface area (Å²) in [6.07, 6.45) is 0. The van der Waals surface area contributed by atoms with Crippen molar-refractivity contribution in [2.24, 2.45) is 0 Å². The van der Waals surface area contributed by atoms with Crippen molar-refractivity contribution in [3.8, 4) is 0 Å². The average molecular weight is 114 g/mol. The van der Waals surface area contributed by atoms with Gasteiger partial charge in [-0.3, -0.25) is 0 Å². The van der Waals surface area contributed by atoms with Crippen molar-refractivity contribution in [3.63, 3.8) is 0 Å². The number of anilines is 1. The van der Waals surface area contributed by atoms with Crippen LogP contribution in [-0.4, -0.2) is 4.98 Å². The van der Waals surface area contributed by atoms with Crippen molar-refractivity contribution < 1.29 is 0 Å². The lowest BCUT2D eigenvalue weighted by Gasteiger charge is -1.72. The fourth-order valence-corrected chi connectivity index (χ4v) is 0.882. The van der Waals surface area contributed by atoms with Crippen molar-refractivity contribution in [1.29, 1.82) is 0 Å². The van der Waals surface area contributed by atoms with Gasteiger partial charge in [-0.25, -0.2) is 4.98 Å². The molecule has 0 unspecified atom stereocenters. The number of aromatic nitrogens is 1. The minimum absolute atomic E-state index is 0.627. The maximum absolute atomic E-state index is 5.28. The molecule has 0 aliphatic carbocycles. The third-order valence-corrected chi connectivity index (χ3v) is 1.43. The molecule has 0 saturated heterocycles. The topological polar surface area (TPSA) is 38.9 Å². The van der Waals surface area contributed by atoms with E-state index in [1.165, 1.54) is 0 Å². The lowest BCUT2D eigenvalue weighted by atomic mass is 10.8. The van der Waals surface area contributed by atoms with Gasteiger partial charge in [0.15, 0.2) is 0 Å². The van der Waals surface area contributed by atoms with Crippen molar-refractivity contribution in [2.75, 3.05) is 5.73 Å². The molecule has 2 N–H and O–H groups in total. The molecule has 7 heavy (non-hydrogen) atoms. The normalized spacial score (nSPS) is 9.29. The lowest BCUT2D eigenvalue weighted by Crippen LogP contribution is -1.81. The van der Waals surface area contributed by atoms with E-state index in [2.05, 4.69) is 4.98 Å². The molecule has 1 aromatic rings. The van der Waals surface area contributed by atoms with Crippen LogP contribution in [0.3, 0.4) is 0 Å². The predicted molar refractivity (Wildman–Crippen MR) is 31.3 cm³/mol. The highest BCUT2D eigenvalue weighted by molar-refractivity contribution is 7.09. The second-order valence-electron chi connectivity index (χ2n) is 1.29. The highest BCUT2D eigenvalue weighted by atomic mass is 32.1. The molecule has 1 rings (SSSR count). The maximum atomic E-state index is 5.28. The molecular formula is C4H6N2S. The van der Waals surface area contributed by atoms with E-state index in [-0.39, 0.29) is 0 Å². The van der Waals surface area contributed by atoms with Crippen LogP contribution >= 0.6 is 11.3 Å². The Hall–Kier alpha value is -0.570. The Morgan fingerprint density at radius 3 is 2.71 bits per heavy atom. The van der Waals surface area contributed by atoms with Gasteiger partial charge in [-0.15, -0.1) is 11.3 Å². The Labute approximate surface area is 46.0 Å². The minimum atomic E-state index is 0.627. The quantitative estimate of drug-likeness (QED) is 0.547. The Balaban J connectivity index is 3.04. The first-order valence-corrected chi connectivity index (χ1v) is 2.84. The van der Waals surface area contributed by atoms with Gasteiger partial charge in [0.05, 0.1) is 5.01 Å². The van der Waals surface area contributed by atoms with E-state index in [9.17, 15) is 0 Å². The van der Waals surface area contributed by atoms with E-state index in [1.807, 2.05) is 12.3 Å². The summed E-state index contributed by atoms with van der Waals surface area (Å²) in [7, 11) is 0. The molecule has 38 valence electrons. The zero-order valence-corrected chi connectivity index (χ0v) is 4.83. The molecule has 0 spiro atoms. The summed E-state index contributed by atoms with van der Waals surface area (Å²) in [6, 6.07) is 0. The van der Waals surface area contributed by atoms with Gasteiger partial charge in [0, 0.05) is 5.38 Å². The number of hydrogen-bond donors (Lipinski definition) is 1. The second-order valence-corrected chi connectivity index (χ2v) is 2.35. The van der Waals surface area contributed by atoms with Gasteiger partial charge in [-0.1, -0.05) is 0 Å². The zero-order chi connectivity index (χ0) is 5.28. The maximum Gasteiger partial charge on any atom is 0.134 e. The van der Waals surface area contributed by atoms with Gasteiger partial charge < -0.3 is 5.73 Å². The Bertz CT molecular complexity index is 142. The van der Waals surface area contributed by atoms with Crippen LogP contribution in [0.15, 0.2) is 5.38 Å². The van der Waals surface area contributed by atoms with Crippen LogP contribution in [0.25, 0.3) is 0 Å². The van der Waals surface area contributed by atoms with Crippen LogP contribution in [0, 0.1) is 6.92 Å². The van der Waals surface area contributed by atoms with E-state index in [0.29, 0.717) is 5.82 Å². The number of aryl methyl sites for hydroxylation is 1. The highest BCUT2D eigenvalue weighted by Gasteiger charge is 1.86. The van der Waals surface area contributed by atoms with E-state index >= 15 is 0 Å². The molecular weight excluding hydrogens is 108 g/mol. The van der Waals surface area contributed by atoms with Gasteiger partial charge in [-0.05, 0) is 6.92 Å². The molecule has 3 heteroatoms. The van der Waals surface area contributed by atoms with E-state index in [4.69, 9.17) is 5.73 Å². The minimum Gasteiger partial charge on any atom is -0.383 e. The van der Waals surface area contributed by atoms with Crippen LogP contribution in [0.1, 0.15) is 5.01 Å². The number of rotatable bonds is 0. The first kappa shape index (κ1) is 4.59. The third-order valence-electron chi connectivity index (χ3n) is 0.637. The number of hydrogen-bond acceptors (Lipinski definition) is 3. The molecule has 0 atom stereocenters. The first-order valence-electron chi connectivity index (χ1n) is 1.96. The van der Waals surface area contributed by atoms with Crippen LogP contribution in [0.4, 0.5) is 5.82 Å². The number of nitrogens with two attached hydrogens (primary N) is 1. The summed E-state index contributed by atoms with van der Waals surface area (Å²) in [5, 5.41) is 2.85.